The highest BCUT2D eigenvalue weighted by atomic mass is 79.9. The van der Waals surface area contributed by atoms with Crippen LogP contribution in [0.25, 0.3) is 17.4 Å². The number of benzene rings is 2. The molecule has 1 aliphatic rings. The molecule has 1 atom stereocenters. The Bertz CT molecular complexity index is 1920. The van der Waals surface area contributed by atoms with Crippen LogP contribution in [0.15, 0.2) is 78.5 Å². The number of rotatable bonds is 8. The molecule has 0 spiro atoms. The van der Waals surface area contributed by atoms with Crippen molar-refractivity contribution in [1.82, 2.24) is 4.57 Å². The van der Waals surface area contributed by atoms with E-state index in [2.05, 4.69) is 20.9 Å². The lowest BCUT2D eigenvalue weighted by molar-refractivity contribution is -0.139. The van der Waals surface area contributed by atoms with Crippen molar-refractivity contribution in [2.45, 2.75) is 19.9 Å². The van der Waals surface area contributed by atoms with E-state index in [4.69, 9.17) is 23.7 Å². The van der Waals surface area contributed by atoms with E-state index in [1.54, 1.807) is 56.3 Å². The van der Waals surface area contributed by atoms with E-state index in [-0.39, 0.29) is 23.3 Å². The summed E-state index contributed by atoms with van der Waals surface area (Å²) in [5, 5.41) is 9.15. The highest BCUT2D eigenvalue weighted by Crippen LogP contribution is 2.40. The van der Waals surface area contributed by atoms with Gasteiger partial charge in [-0.15, -0.1) is 0 Å². The van der Waals surface area contributed by atoms with Crippen LogP contribution in [0.5, 0.6) is 11.5 Å². The smallest absolute Gasteiger partial charge is 0.338 e. The number of hydrogen-bond donors (Lipinski definition) is 1. The third-order valence-electron chi connectivity index (χ3n) is 6.63. The molecule has 216 valence electrons. The van der Waals surface area contributed by atoms with Crippen LogP contribution in [0.1, 0.15) is 41.6 Å². The second kappa shape index (κ2) is 11.8. The Morgan fingerprint density at radius 1 is 1.12 bits per heavy atom. The standard InChI is InChI=1S/C30H25BrN2O8S/c1-5-40-29(37)25-15(2)32-30-33(26(25)19-13-22(38-3)23(39-4)14-20(19)31)27(34)24(42-30)12-18-10-11-21(41-18)16-6-8-17(9-7-16)28(35)36/h6-14,26H,5H2,1-4H3,(H,35,36)/b24-12+/t26-/m1/s1. The third kappa shape index (κ3) is 5.30. The number of carboxylic acids is 1. The Morgan fingerprint density at radius 2 is 1.81 bits per heavy atom. The molecule has 12 heteroatoms. The van der Waals surface area contributed by atoms with E-state index >= 15 is 0 Å². The maximum absolute atomic E-state index is 13.9. The fraction of sp³-hybridized carbons (Fsp3) is 0.200. The van der Waals surface area contributed by atoms with Crippen molar-refractivity contribution in [2.75, 3.05) is 20.8 Å². The number of carbonyl (C=O) groups excluding carboxylic acids is 1. The number of allylic oxidation sites excluding steroid dienone is 1. The topological polar surface area (TPSA) is 130 Å². The lowest BCUT2D eigenvalue weighted by Gasteiger charge is -2.26. The summed E-state index contributed by atoms with van der Waals surface area (Å²) in [6.45, 7) is 3.57. The molecule has 1 aliphatic heterocycles. The summed E-state index contributed by atoms with van der Waals surface area (Å²) in [6.07, 6.45) is 1.61. The van der Waals surface area contributed by atoms with Gasteiger partial charge in [0.1, 0.15) is 11.5 Å². The van der Waals surface area contributed by atoms with Crippen molar-refractivity contribution in [3.8, 4) is 22.8 Å². The fourth-order valence-electron chi connectivity index (χ4n) is 4.66. The molecular formula is C30H25BrN2O8S. The number of aromatic nitrogens is 1. The molecule has 10 nitrogen and oxygen atoms in total. The maximum Gasteiger partial charge on any atom is 0.338 e. The Hall–Kier alpha value is -4.42. The van der Waals surface area contributed by atoms with Crippen molar-refractivity contribution in [2.24, 2.45) is 4.99 Å². The van der Waals surface area contributed by atoms with E-state index in [9.17, 15) is 14.4 Å². The summed E-state index contributed by atoms with van der Waals surface area (Å²) in [4.78, 5) is 43.3. The average molecular weight is 654 g/mol. The molecule has 4 aromatic rings. The zero-order valence-corrected chi connectivity index (χ0v) is 25.4. The first-order valence-corrected chi connectivity index (χ1v) is 14.3. The number of methoxy groups -OCH3 is 2. The van der Waals surface area contributed by atoms with Crippen molar-refractivity contribution in [3.05, 3.63) is 101 Å². The van der Waals surface area contributed by atoms with Gasteiger partial charge in [0.05, 0.1) is 48.2 Å². The van der Waals surface area contributed by atoms with Gasteiger partial charge in [0, 0.05) is 16.1 Å². The highest BCUT2D eigenvalue weighted by molar-refractivity contribution is 9.10. The first-order chi connectivity index (χ1) is 20.2. The fourth-order valence-corrected chi connectivity index (χ4v) is 6.22. The summed E-state index contributed by atoms with van der Waals surface area (Å²) < 4.78 is 24.7. The summed E-state index contributed by atoms with van der Waals surface area (Å²) in [5.41, 5.74) is 1.73. The van der Waals surface area contributed by atoms with Gasteiger partial charge in [0.25, 0.3) is 5.56 Å². The van der Waals surface area contributed by atoms with Crippen LogP contribution < -0.4 is 24.4 Å². The molecule has 0 saturated carbocycles. The Kier molecular flexibility index (Phi) is 8.19. The minimum Gasteiger partial charge on any atom is -0.493 e. The number of thiazole rings is 1. The SMILES string of the molecule is CCOC(=O)C1=C(C)N=c2s/c(=C/c3ccc(-c4ccc(C(=O)O)cc4)o3)c(=O)n2[C@@H]1c1cc(OC)c(OC)cc1Br. The number of halogens is 1. The molecule has 0 unspecified atom stereocenters. The summed E-state index contributed by atoms with van der Waals surface area (Å²) in [7, 11) is 3.03. The highest BCUT2D eigenvalue weighted by Gasteiger charge is 2.35. The number of fused-ring (bicyclic) bond motifs is 1. The van der Waals surface area contributed by atoms with Crippen LogP contribution >= 0.6 is 27.3 Å². The van der Waals surface area contributed by atoms with E-state index in [0.29, 0.717) is 53.6 Å². The Morgan fingerprint density at radius 3 is 2.45 bits per heavy atom. The van der Waals surface area contributed by atoms with Gasteiger partial charge in [-0.3, -0.25) is 9.36 Å². The molecule has 0 fully saturated rings. The van der Waals surface area contributed by atoms with Crippen LogP contribution in [0.3, 0.4) is 0 Å². The number of carbonyl (C=O) groups is 2. The molecule has 1 N–H and O–H groups in total. The van der Waals surface area contributed by atoms with Crippen molar-refractivity contribution < 1.29 is 33.3 Å². The predicted octanol–water partition coefficient (Wildman–Crippen LogP) is 4.54. The van der Waals surface area contributed by atoms with Crippen LogP contribution in [-0.4, -0.2) is 42.4 Å². The van der Waals surface area contributed by atoms with Crippen LogP contribution in [-0.2, 0) is 9.53 Å². The van der Waals surface area contributed by atoms with Crippen LogP contribution in [0, 0.1) is 0 Å². The molecule has 0 aliphatic carbocycles. The second-order valence-corrected chi connectivity index (χ2v) is 11.0. The van der Waals surface area contributed by atoms with Crippen LogP contribution in [0.2, 0.25) is 0 Å². The second-order valence-electron chi connectivity index (χ2n) is 9.12. The van der Waals surface area contributed by atoms with Gasteiger partial charge in [-0.25, -0.2) is 14.6 Å². The van der Waals surface area contributed by atoms with Crippen molar-refractivity contribution in [3.63, 3.8) is 0 Å². The minimum absolute atomic E-state index is 0.152. The zero-order valence-electron chi connectivity index (χ0n) is 23.0. The zero-order chi connectivity index (χ0) is 30.1. The summed E-state index contributed by atoms with van der Waals surface area (Å²) >= 11 is 4.75. The maximum atomic E-state index is 13.9. The number of hydrogen-bond acceptors (Lipinski definition) is 9. The molecule has 2 aromatic carbocycles. The van der Waals surface area contributed by atoms with Gasteiger partial charge < -0.3 is 23.7 Å². The lowest BCUT2D eigenvalue weighted by atomic mass is 9.95. The Balaban J connectivity index is 1.65. The first kappa shape index (κ1) is 29.1. The van der Waals surface area contributed by atoms with Gasteiger partial charge in [0.2, 0.25) is 0 Å². The van der Waals surface area contributed by atoms with Crippen LogP contribution in [0.4, 0.5) is 0 Å². The Labute approximate surface area is 251 Å². The number of ether oxygens (including phenoxy) is 3. The summed E-state index contributed by atoms with van der Waals surface area (Å²) in [6, 6.07) is 12.3. The molecule has 0 radical (unpaired) electrons. The number of nitrogens with zero attached hydrogens (tertiary/aromatic N) is 2. The molecule has 0 saturated heterocycles. The quantitative estimate of drug-likeness (QED) is 0.275. The number of carboxylic acid groups (broad SMARTS) is 1. The number of esters is 1. The number of aromatic carboxylic acids is 1. The molecule has 5 rings (SSSR count). The van der Waals surface area contributed by atoms with E-state index < -0.39 is 18.0 Å². The van der Waals surface area contributed by atoms with Gasteiger partial charge >= 0.3 is 11.9 Å². The van der Waals surface area contributed by atoms with Gasteiger partial charge in [-0.05, 0) is 55.8 Å². The van der Waals surface area contributed by atoms with E-state index in [0.717, 1.165) is 0 Å². The van der Waals surface area contributed by atoms with E-state index in [1.807, 2.05) is 0 Å². The third-order valence-corrected chi connectivity index (χ3v) is 8.30. The molecule has 0 bridgehead atoms. The first-order valence-electron chi connectivity index (χ1n) is 12.7. The molecular weight excluding hydrogens is 628 g/mol. The molecule has 42 heavy (non-hydrogen) atoms. The van der Waals surface area contributed by atoms with Gasteiger partial charge in [-0.2, -0.15) is 0 Å². The number of furan rings is 1. The molecule has 0 amide bonds. The molecule has 3 heterocycles. The van der Waals surface area contributed by atoms with E-state index in [1.165, 1.54) is 42.3 Å². The minimum atomic E-state index is -1.02. The average Bonchev–Trinajstić information content (AvgIpc) is 3.56. The van der Waals surface area contributed by atoms with Crippen molar-refractivity contribution >= 4 is 45.3 Å². The lowest BCUT2D eigenvalue weighted by Crippen LogP contribution is -2.40. The normalized spacial score (nSPS) is 14.8. The largest absolute Gasteiger partial charge is 0.493 e. The summed E-state index contributed by atoms with van der Waals surface area (Å²) in [5.74, 6) is 0.239. The predicted molar refractivity (Wildman–Crippen MR) is 159 cm³/mol. The molecule has 2 aromatic heterocycles. The monoisotopic (exact) mass is 652 g/mol. The van der Waals surface area contributed by atoms with Crippen molar-refractivity contribution in [1.29, 1.82) is 0 Å². The van der Waals surface area contributed by atoms with Gasteiger partial charge in [-0.1, -0.05) is 39.4 Å². The van der Waals surface area contributed by atoms with Gasteiger partial charge in [0.15, 0.2) is 16.3 Å².